The molecule has 0 radical (unpaired) electrons. The zero-order valence-electron chi connectivity index (χ0n) is 14.2. The Morgan fingerprint density at radius 1 is 1.42 bits per heavy atom. The van der Waals surface area contributed by atoms with Crippen LogP contribution in [0.25, 0.3) is 0 Å². The van der Waals surface area contributed by atoms with Crippen molar-refractivity contribution in [2.24, 2.45) is 5.92 Å². The second-order valence-electron chi connectivity index (χ2n) is 6.57. The Morgan fingerprint density at radius 2 is 2.17 bits per heavy atom. The summed E-state index contributed by atoms with van der Waals surface area (Å²) in [7, 11) is 0. The maximum absolute atomic E-state index is 13.5. The number of aromatic nitrogens is 3. The van der Waals surface area contributed by atoms with Gasteiger partial charge in [0, 0.05) is 42.7 Å². The van der Waals surface area contributed by atoms with E-state index in [1.54, 1.807) is 30.3 Å². The maximum atomic E-state index is 13.5. The molecule has 7 heteroatoms. The molecule has 2 heterocycles. The number of urea groups is 1. The summed E-state index contributed by atoms with van der Waals surface area (Å²) in [6.45, 7) is 7.18. The number of hydrogen-bond acceptors (Lipinski definition) is 3. The summed E-state index contributed by atoms with van der Waals surface area (Å²) in [5.41, 5.74) is 0.968. The van der Waals surface area contributed by atoms with Crippen molar-refractivity contribution in [1.82, 2.24) is 19.7 Å². The minimum atomic E-state index is -0.317. The van der Waals surface area contributed by atoms with Gasteiger partial charge in [-0.3, -0.25) is 0 Å². The Kier molecular flexibility index (Phi) is 4.51. The Labute approximate surface area is 140 Å². The maximum Gasteiger partial charge on any atom is 0.321 e. The number of rotatable bonds is 4. The fraction of sp³-hybridized carbons (Fsp3) is 0.471. The lowest BCUT2D eigenvalue weighted by atomic mass is 9.96. The van der Waals surface area contributed by atoms with E-state index in [0.29, 0.717) is 36.3 Å². The summed E-state index contributed by atoms with van der Waals surface area (Å²) in [6.07, 6.45) is 2.55. The number of carbonyl (C=O) groups excluding carboxylic acids is 1. The number of halogens is 1. The van der Waals surface area contributed by atoms with E-state index in [0.717, 1.165) is 12.2 Å². The monoisotopic (exact) mass is 331 g/mol. The summed E-state index contributed by atoms with van der Waals surface area (Å²) in [6, 6.07) is 4.82. The van der Waals surface area contributed by atoms with Crippen molar-refractivity contribution in [3.63, 3.8) is 0 Å². The highest BCUT2D eigenvalue weighted by Crippen LogP contribution is 2.23. The number of nitrogens with zero attached hydrogens (tertiary/aromatic N) is 4. The van der Waals surface area contributed by atoms with Crippen LogP contribution >= 0.6 is 0 Å². The average molecular weight is 331 g/mol. The molecule has 2 amide bonds. The van der Waals surface area contributed by atoms with Gasteiger partial charge in [-0.1, -0.05) is 6.07 Å². The van der Waals surface area contributed by atoms with Gasteiger partial charge in [-0.25, -0.2) is 9.18 Å². The van der Waals surface area contributed by atoms with E-state index < -0.39 is 0 Å². The molecule has 1 fully saturated rings. The van der Waals surface area contributed by atoms with Crippen LogP contribution in [-0.4, -0.2) is 38.8 Å². The van der Waals surface area contributed by atoms with Crippen LogP contribution in [0.4, 0.5) is 14.9 Å². The lowest BCUT2D eigenvalue weighted by Gasteiger charge is -2.39. The van der Waals surface area contributed by atoms with Gasteiger partial charge >= 0.3 is 6.03 Å². The first-order valence-electron chi connectivity index (χ1n) is 8.15. The zero-order valence-corrected chi connectivity index (χ0v) is 14.2. The predicted octanol–water partition coefficient (Wildman–Crippen LogP) is 3.01. The summed E-state index contributed by atoms with van der Waals surface area (Å²) in [5.74, 6) is 1.02. The van der Waals surface area contributed by atoms with Crippen LogP contribution in [0.1, 0.15) is 31.3 Å². The first-order valence-corrected chi connectivity index (χ1v) is 8.15. The smallest absolute Gasteiger partial charge is 0.321 e. The molecular weight excluding hydrogens is 309 g/mol. The van der Waals surface area contributed by atoms with Gasteiger partial charge in [-0.05, 0) is 32.9 Å². The molecule has 1 aliphatic heterocycles. The van der Waals surface area contributed by atoms with Gasteiger partial charge in [0.2, 0.25) is 0 Å². The van der Waals surface area contributed by atoms with Crippen LogP contribution in [0.15, 0.2) is 24.5 Å². The molecule has 1 aliphatic rings. The second kappa shape index (κ2) is 6.59. The first kappa shape index (κ1) is 16.4. The minimum Gasteiger partial charge on any atom is -0.324 e. The van der Waals surface area contributed by atoms with Crippen LogP contribution in [-0.2, 0) is 6.42 Å². The van der Waals surface area contributed by atoms with E-state index in [-0.39, 0.29) is 11.8 Å². The fourth-order valence-corrected chi connectivity index (χ4v) is 2.90. The Hall–Kier alpha value is -2.44. The van der Waals surface area contributed by atoms with Crippen LogP contribution in [0.5, 0.6) is 0 Å². The van der Waals surface area contributed by atoms with Crippen molar-refractivity contribution in [2.45, 2.75) is 33.2 Å². The lowest BCUT2D eigenvalue weighted by molar-refractivity contribution is 0.129. The van der Waals surface area contributed by atoms with Crippen molar-refractivity contribution >= 4 is 11.7 Å². The third kappa shape index (κ3) is 3.25. The second-order valence-corrected chi connectivity index (χ2v) is 6.57. The average Bonchev–Trinajstić information content (AvgIpc) is 2.95. The summed E-state index contributed by atoms with van der Waals surface area (Å²) in [4.78, 5) is 14.0. The molecule has 0 atom stereocenters. The minimum absolute atomic E-state index is 0.190. The highest BCUT2D eigenvalue weighted by Gasteiger charge is 2.32. The highest BCUT2D eigenvalue weighted by atomic mass is 19.1. The van der Waals surface area contributed by atoms with Crippen LogP contribution in [0, 0.1) is 18.7 Å². The van der Waals surface area contributed by atoms with E-state index in [1.807, 2.05) is 0 Å². The molecule has 1 saturated heterocycles. The molecule has 0 aliphatic carbocycles. The van der Waals surface area contributed by atoms with E-state index in [9.17, 15) is 9.18 Å². The number of likely N-dealkylation sites (tertiary alicyclic amines) is 1. The van der Waals surface area contributed by atoms with Gasteiger partial charge in [-0.2, -0.15) is 0 Å². The number of nitrogens with one attached hydrogen (secondary N) is 1. The van der Waals surface area contributed by atoms with Crippen molar-refractivity contribution in [3.8, 4) is 0 Å². The Morgan fingerprint density at radius 3 is 2.88 bits per heavy atom. The SMILES string of the molecule is Cc1c(F)cccc1NC(=O)N1CC(Cc2nncn2C(C)C)C1. The van der Waals surface area contributed by atoms with Crippen molar-refractivity contribution in [1.29, 1.82) is 0 Å². The molecule has 0 saturated carbocycles. The van der Waals surface area contributed by atoms with Gasteiger partial charge in [0.25, 0.3) is 0 Å². The number of anilines is 1. The van der Waals surface area contributed by atoms with Gasteiger partial charge in [0.1, 0.15) is 18.0 Å². The molecule has 128 valence electrons. The fourth-order valence-electron chi connectivity index (χ4n) is 2.90. The molecule has 0 bridgehead atoms. The van der Waals surface area contributed by atoms with Gasteiger partial charge in [0.05, 0.1) is 0 Å². The van der Waals surface area contributed by atoms with Crippen LogP contribution in [0.3, 0.4) is 0 Å². The van der Waals surface area contributed by atoms with E-state index in [4.69, 9.17) is 0 Å². The molecule has 24 heavy (non-hydrogen) atoms. The third-order valence-electron chi connectivity index (χ3n) is 4.43. The standard InChI is InChI=1S/C17H22FN5O/c1-11(2)23-10-19-21-16(23)7-13-8-22(9-13)17(24)20-15-6-4-5-14(18)12(15)3/h4-6,10-11,13H,7-9H2,1-3H3,(H,20,24). The third-order valence-corrected chi connectivity index (χ3v) is 4.43. The number of hydrogen-bond donors (Lipinski definition) is 1. The number of benzene rings is 1. The molecule has 0 spiro atoms. The first-order chi connectivity index (χ1) is 11.5. The van der Waals surface area contributed by atoms with Gasteiger partial charge in [0.15, 0.2) is 0 Å². The molecule has 1 N–H and O–H groups in total. The van der Waals surface area contributed by atoms with Crippen molar-refractivity contribution in [2.75, 3.05) is 18.4 Å². The number of amides is 2. The largest absolute Gasteiger partial charge is 0.324 e. The van der Waals surface area contributed by atoms with Crippen LogP contribution in [0.2, 0.25) is 0 Å². The summed E-state index contributed by atoms with van der Waals surface area (Å²) in [5, 5.41) is 10.9. The molecule has 1 aromatic heterocycles. The molecule has 0 unspecified atom stereocenters. The van der Waals surface area contributed by atoms with Gasteiger partial charge < -0.3 is 14.8 Å². The summed E-state index contributed by atoms with van der Waals surface area (Å²) < 4.78 is 15.6. The van der Waals surface area contributed by atoms with E-state index in [1.165, 1.54) is 6.07 Å². The Balaban J connectivity index is 1.54. The summed E-state index contributed by atoms with van der Waals surface area (Å²) >= 11 is 0. The predicted molar refractivity (Wildman–Crippen MR) is 89.3 cm³/mol. The Bertz CT molecular complexity index is 736. The van der Waals surface area contributed by atoms with Crippen LogP contribution < -0.4 is 5.32 Å². The van der Waals surface area contributed by atoms with E-state index >= 15 is 0 Å². The molecular formula is C17H22FN5O. The normalized spacial score (nSPS) is 14.8. The number of carbonyl (C=O) groups is 1. The zero-order chi connectivity index (χ0) is 17.3. The van der Waals surface area contributed by atoms with E-state index in [2.05, 4.69) is 33.9 Å². The topological polar surface area (TPSA) is 63.1 Å². The molecule has 6 nitrogen and oxygen atoms in total. The molecule has 1 aromatic carbocycles. The van der Waals surface area contributed by atoms with Crippen molar-refractivity contribution < 1.29 is 9.18 Å². The lowest BCUT2D eigenvalue weighted by Crippen LogP contribution is -2.52. The van der Waals surface area contributed by atoms with Gasteiger partial charge in [-0.15, -0.1) is 10.2 Å². The quantitative estimate of drug-likeness (QED) is 0.937. The highest BCUT2D eigenvalue weighted by molar-refractivity contribution is 5.90. The molecule has 3 rings (SSSR count). The molecule has 2 aromatic rings. The van der Waals surface area contributed by atoms with Crippen molar-refractivity contribution in [3.05, 3.63) is 41.7 Å².